The Morgan fingerprint density at radius 3 is 2.27 bits per heavy atom. The van der Waals surface area contributed by atoms with Gasteiger partial charge in [0.25, 0.3) is 0 Å². The average Bonchev–Trinajstić information content (AvgIpc) is 2.62. The van der Waals surface area contributed by atoms with Crippen molar-refractivity contribution in [3.63, 3.8) is 0 Å². The molecule has 0 spiro atoms. The van der Waals surface area contributed by atoms with Crippen LogP contribution in [0.25, 0.3) is 0 Å². The molecule has 26 heavy (non-hydrogen) atoms. The summed E-state index contributed by atoms with van der Waals surface area (Å²) >= 11 is 0. The summed E-state index contributed by atoms with van der Waals surface area (Å²) in [6.45, 7) is -0.558. The highest BCUT2D eigenvalue weighted by Gasteiger charge is 2.47. The topological polar surface area (TPSA) is 206 Å². The molecule has 9 atom stereocenters. The SMILES string of the molecule is CC(=O)NC(C=O)C(OC1OC(CO)C(O)C(O)C1O)C(O)C(O)CO. The van der Waals surface area contributed by atoms with Gasteiger partial charge in [-0.3, -0.25) is 4.79 Å². The molecule has 0 saturated carbocycles. The molecule has 9 unspecified atom stereocenters. The van der Waals surface area contributed by atoms with Crippen molar-refractivity contribution in [3.05, 3.63) is 0 Å². The predicted octanol–water partition coefficient (Wildman–Crippen LogP) is -5.41. The number of hydrogen-bond donors (Lipinski definition) is 8. The van der Waals surface area contributed by atoms with Gasteiger partial charge in [-0.25, -0.2) is 0 Å². The molecule has 0 aliphatic carbocycles. The van der Waals surface area contributed by atoms with E-state index < -0.39 is 74.2 Å². The third-order valence-electron chi connectivity index (χ3n) is 3.93. The normalized spacial score (nSPS) is 33.8. The maximum absolute atomic E-state index is 11.3. The molecule has 1 amide bonds. The number of amides is 1. The van der Waals surface area contributed by atoms with E-state index in [0.717, 1.165) is 6.92 Å². The minimum absolute atomic E-state index is 0.198. The Labute approximate surface area is 148 Å². The van der Waals surface area contributed by atoms with Crippen LogP contribution in [0.4, 0.5) is 0 Å². The largest absolute Gasteiger partial charge is 0.394 e. The van der Waals surface area contributed by atoms with Gasteiger partial charge in [-0.1, -0.05) is 0 Å². The van der Waals surface area contributed by atoms with E-state index >= 15 is 0 Å². The van der Waals surface area contributed by atoms with Gasteiger partial charge in [-0.15, -0.1) is 0 Å². The van der Waals surface area contributed by atoms with Gasteiger partial charge in [0.1, 0.15) is 55.1 Å². The van der Waals surface area contributed by atoms with Crippen molar-refractivity contribution in [1.82, 2.24) is 5.32 Å². The summed E-state index contributed by atoms with van der Waals surface area (Å²) in [4.78, 5) is 22.5. The summed E-state index contributed by atoms with van der Waals surface area (Å²) in [5.74, 6) is -0.671. The molecule has 8 N–H and O–H groups in total. The van der Waals surface area contributed by atoms with Gasteiger partial charge in [0.05, 0.1) is 13.2 Å². The van der Waals surface area contributed by atoms with E-state index in [0.29, 0.717) is 0 Å². The number of rotatable bonds is 9. The van der Waals surface area contributed by atoms with Crippen LogP contribution in [0.15, 0.2) is 0 Å². The van der Waals surface area contributed by atoms with Gasteiger partial charge < -0.3 is 55.3 Å². The zero-order chi connectivity index (χ0) is 20.0. The van der Waals surface area contributed by atoms with Crippen molar-refractivity contribution in [1.29, 1.82) is 0 Å². The number of aliphatic hydroxyl groups is 7. The number of carbonyl (C=O) groups excluding carboxylic acids is 2. The summed E-state index contributed by atoms with van der Waals surface area (Å²) in [6.07, 6.45) is -13.5. The smallest absolute Gasteiger partial charge is 0.217 e. The second-order valence-corrected chi connectivity index (χ2v) is 5.90. The minimum Gasteiger partial charge on any atom is -0.394 e. The van der Waals surface area contributed by atoms with Crippen LogP contribution in [0, 0.1) is 0 Å². The van der Waals surface area contributed by atoms with Gasteiger partial charge in [-0.05, 0) is 0 Å². The molecule has 1 saturated heterocycles. The molecular formula is C14H25NO11. The number of aldehydes is 1. The Morgan fingerprint density at radius 2 is 1.81 bits per heavy atom. The number of nitrogens with one attached hydrogen (secondary N) is 1. The van der Waals surface area contributed by atoms with E-state index in [4.69, 9.17) is 19.7 Å². The highest BCUT2D eigenvalue weighted by molar-refractivity contribution is 5.77. The zero-order valence-corrected chi connectivity index (χ0v) is 14.0. The molecule has 1 aliphatic heterocycles. The summed E-state index contributed by atoms with van der Waals surface area (Å²) in [6, 6.07) is -1.50. The van der Waals surface area contributed by atoms with Gasteiger partial charge in [-0.2, -0.15) is 0 Å². The first-order valence-corrected chi connectivity index (χ1v) is 7.83. The van der Waals surface area contributed by atoms with Crippen molar-refractivity contribution >= 4 is 12.2 Å². The monoisotopic (exact) mass is 383 g/mol. The third-order valence-corrected chi connectivity index (χ3v) is 3.93. The Kier molecular flexibility index (Phi) is 8.95. The quantitative estimate of drug-likeness (QED) is 0.176. The van der Waals surface area contributed by atoms with Gasteiger partial charge in [0.15, 0.2) is 6.29 Å². The van der Waals surface area contributed by atoms with Gasteiger partial charge in [0.2, 0.25) is 5.91 Å². The van der Waals surface area contributed by atoms with E-state index in [1.165, 1.54) is 0 Å². The Balaban J connectivity index is 3.06. The van der Waals surface area contributed by atoms with Crippen LogP contribution in [0.1, 0.15) is 6.92 Å². The fraction of sp³-hybridized carbons (Fsp3) is 0.857. The lowest BCUT2D eigenvalue weighted by Crippen LogP contribution is -2.62. The van der Waals surface area contributed by atoms with Crippen LogP contribution >= 0.6 is 0 Å². The first-order chi connectivity index (χ1) is 12.2. The van der Waals surface area contributed by atoms with E-state index in [-0.39, 0.29) is 6.29 Å². The number of hydrogen-bond acceptors (Lipinski definition) is 11. The van der Waals surface area contributed by atoms with Crippen LogP contribution in [-0.4, -0.2) is 116 Å². The van der Waals surface area contributed by atoms with Crippen LogP contribution < -0.4 is 5.32 Å². The summed E-state index contributed by atoms with van der Waals surface area (Å²) in [7, 11) is 0. The molecule has 0 bridgehead atoms. The van der Waals surface area contributed by atoms with Crippen molar-refractivity contribution in [2.24, 2.45) is 0 Å². The Bertz CT molecular complexity index is 462. The van der Waals surface area contributed by atoms with E-state index in [2.05, 4.69) is 5.32 Å². The second kappa shape index (κ2) is 10.2. The lowest BCUT2D eigenvalue weighted by Gasteiger charge is -2.42. The standard InChI is InChI=1S/C14H25NO11/c1-5(19)15-6(2-16)13(9(21)7(20)3-17)26-14-12(24)11(23)10(22)8(4-18)25-14/h2,6-14,17-18,20-24H,3-4H2,1H3,(H,15,19). The Hall–Kier alpha value is -1.22. The summed E-state index contributed by atoms with van der Waals surface area (Å²) in [5, 5.41) is 69.5. The lowest BCUT2D eigenvalue weighted by atomic mass is 9.98. The van der Waals surface area contributed by atoms with Crippen LogP contribution in [0.2, 0.25) is 0 Å². The van der Waals surface area contributed by atoms with Crippen LogP contribution in [0.3, 0.4) is 0 Å². The summed E-state index contributed by atoms with van der Waals surface area (Å²) in [5.41, 5.74) is 0. The molecule has 0 aromatic rings. The van der Waals surface area contributed by atoms with Gasteiger partial charge >= 0.3 is 0 Å². The first-order valence-electron chi connectivity index (χ1n) is 7.83. The van der Waals surface area contributed by atoms with E-state index in [9.17, 15) is 35.1 Å². The average molecular weight is 383 g/mol. The predicted molar refractivity (Wildman–Crippen MR) is 81.4 cm³/mol. The highest BCUT2D eigenvalue weighted by Crippen LogP contribution is 2.24. The van der Waals surface area contributed by atoms with Crippen molar-refractivity contribution < 1.29 is 54.8 Å². The highest BCUT2D eigenvalue weighted by atomic mass is 16.7. The molecule has 152 valence electrons. The molecule has 1 aliphatic rings. The second-order valence-electron chi connectivity index (χ2n) is 5.90. The first kappa shape index (κ1) is 22.8. The Morgan fingerprint density at radius 1 is 1.19 bits per heavy atom. The zero-order valence-electron chi connectivity index (χ0n) is 14.0. The number of carbonyl (C=O) groups is 2. The molecule has 0 radical (unpaired) electrons. The molecule has 0 aromatic carbocycles. The molecule has 12 heteroatoms. The molecule has 0 aromatic heterocycles. The van der Waals surface area contributed by atoms with Crippen molar-refractivity contribution in [2.45, 2.75) is 62.0 Å². The molecule has 1 rings (SSSR count). The molecule has 12 nitrogen and oxygen atoms in total. The maximum Gasteiger partial charge on any atom is 0.217 e. The molecule has 1 heterocycles. The van der Waals surface area contributed by atoms with Gasteiger partial charge in [0, 0.05) is 6.92 Å². The molecule has 1 fully saturated rings. The van der Waals surface area contributed by atoms with Crippen molar-refractivity contribution in [3.8, 4) is 0 Å². The number of ether oxygens (including phenoxy) is 2. The minimum atomic E-state index is -1.89. The third kappa shape index (κ3) is 5.39. The fourth-order valence-electron chi connectivity index (χ4n) is 2.47. The van der Waals surface area contributed by atoms with E-state index in [1.54, 1.807) is 0 Å². The fourth-order valence-corrected chi connectivity index (χ4v) is 2.47. The number of aliphatic hydroxyl groups excluding tert-OH is 7. The van der Waals surface area contributed by atoms with Crippen molar-refractivity contribution in [2.75, 3.05) is 13.2 Å². The van der Waals surface area contributed by atoms with Crippen LogP contribution in [-0.2, 0) is 19.1 Å². The maximum atomic E-state index is 11.3. The molecular weight excluding hydrogens is 358 g/mol. The van der Waals surface area contributed by atoms with Crippen LogP contribution in [0.5, 0.6) is 0 Å². The lowest BCUT2D eigenvalue weighted by molar-refractivity contribution is -0.320. The summed E-state index contributed by atoms with van der Waals surface area (Å²) < 4.78 is 10.4. The van der Waals surface area contributed by atoms with E-state index in [1.807, 2.05) is 0 Å².